The third-order valence-electron chi connectivity index (χ3n) is 1.28. The molecule has 0 spiro atoms. The van der Waals surface area contributed by atoms with E-state index in [2.05, 4.69) is 47.7 Å². The number of alkyl halides is 1. The van der Waals surface area contributed by atoms with Gasteiger partial charge in [0.2, 0.25) is 0 Å². The predicted molar refractivity (Wildman–Crippen MR) is 56.3 cm³/mol. The Kier molecular flexibility index (Phi) is 10.1. The molecule has 0 N–H and O–H groups in total. The van der Waals surface area contributed by atoms with Crippen LogP contribution in [0.3, 0.4) is 0 Å². The summed E-state index contributed by atoms with van der Waals surface area (Å²) in [5.41, 5.74) is 0. The molecule has 0 aromatic heterocycles. The van der Waals surface area contributed by atoms with Crippen molar-refractivity contribution in [3.8, 4) is 0 Å². The summed E-state index contributed by atoms with van der Waals surface area (Å²) in [5, 5.41) is 0.896. The van der Waals surface area contributed by atoms with Gasteiger partial charge in [-0.05, 0) is 0 Å². The summed E-state index contributed by atoms with van der Waals surface area (Å²) in [6.45, 7) is 5.73. The molecule has 0 saturated heterocycles. The van der Waals surface area contributed by atoms with Crippen LogP contribution in [0, 0.1) is 0 Å². The van der Waals surface area contributed by atoms with Crippen molar-refractivity contribution in [2.24, 2.45) is 0 Å². The molecule has 0 fully saturated rings. The van der Waals surface area contributed by atoms with E-state index >= 15 is 0 Å². The maximum atomic E-state index is 3.43. The van der Waals surface area contributed by atoms with Crippen LogP contribution in [0.1, 0.15) is 13.3 Å². The van der Waals surface area contributed by atoms with Crippen LogP contribution < -0.4 is 0 Å². The zero-order chi connectivity index (χ0) is 9.23. The molecule has 0 aromatic rings. The fourth-order valence-electron chi connectivity index (χ4n) is 0.805. The Morgan fingerprint density at radius 1 is 1.75 bits per heavy atom. The van der Waals surface area contributed by atoms with Gasteiger partial charge in [0, 0.05) is 5.33 Å². The van der Waals surface area contributed by atoms with Gasteiger partial charge in [0.25, 0.3) is 0 Å². The minimum atomic E-state index is -0.0469. The Bertz CT molecular complexity index is 171. The number of halogens is 1. The molecule has 2 heteroatoms. The second-order valence-corrected chi connectivity index (χ2v) is 7.13. The van der Waals surface area contributed by atoms with E-state index in [1.165, 1.54) is 10.5 Å². The number of allylic oxidation sites excluding steroid dienone is 5. The Morgan fingerprint density at radius 2 is 2.42 bits per heavy atom. The average Bonchev–Trinajstić information content (AvgIpc) is 2.58. The SMILES string of the molecule is C=CCBr.C[CH2][Zr][C]1=CC=CC1. The van der Waals surface area contributed by atoms with Gasteiger partial charge in [-0.1, -0.05) is 22.0 Å². The number of rotatable bonds is 3. The van der Waals surface area contributed by atoms with Gasteiger partial charge in [-0.15, -0.1) is 6.58 Å². The van der Waals surface area contributed by atoms with Crippen LogP contribution in [0.2, 0.25) is 4.13 Å². The zero-order valence-corrected chi connectivity index (χ0v) is 11.6. The molecule has 0 nitrogen and oxygen atoms in total. The second kappa shape index (κ2) is 9.67. The van der Waals surface area contributed by atoms with Crippen molar-refractivity contribution in [1.29, 1.82) is 0 Å². The summed E-state index contributed by atoms with van der Waals surface area (Å²) in [5.74, 6) is 0. The van der Waals surface area contributed by atoms with E-state index in [4.69, 9.17) is 0 Å². The van der Waals surface area contributed by atoms with Crippen LogP contribution in [0.4, 0.5) is 0 Å². The van der Waals surface area contributed by atoms with Crippen LogP contribution in [-0.2, 0) is 23.2 Å². The van der Waals surface area contributed by atoms with Gasteiger partial charge >= 0.3 is 62.2 Å². The van der Waals surface area contributed by atoms with Gasteiger partial charge in [-0.25, -0.2) is 0 Å². The molecule has 0 aromatic carbocycles. The monoisotopic (exact) mass is 304 g/mol. The molecule has 1 rings (SSSR count). The molecule has 1 aliphatic carbocycles. The van der Waals surface area contributed by atoms with Gasteiger partial charge in [-0.2, -0.15) is 0 Å². The van der Waals surface area contributed by atoms with Crippen molar-refractivity contribution < 1.29 is 23.2 Å². The quantitative estimate of drug-likeness (QED) is 0.548. The van der Waals surface area contributed by atoms with Crippen LogP contribution >= 0.6 is 15.9 Å². The summed E-state index contributed by atoms with van der Waals surface area (Å²) >= 11 is 3.08. The molecule has 0 radical (unpaired) electrons. The van der Waals surface area contributed by atoms with Crippen molar-refractivity contribution in [3.05, 3.63) is 34.2 Å². The number of hydrogen-bond acceptors (Lipinski definition) is 0. The molecule has 12 heavy (non-hydrogen) atoms. The normalized spacial score (nSPS) is 13.0. The first-order chi connectivity index (χ1) is 5.85. The van der Waals surface area contributed by atoms with Crippen molar-refractivity contribution in [2.75, 3.05) is 5.33 Å². The van der Waals surface area contributed by atoms with Gasteiger partial charge in [0.15, 0.2) is 0 Å². The van der Waals surface area contributed by atoms with E-state index < -0.39 is 0 Å². The fraction of sp³-hybridized carbons (Fsp3) is 0.400. The third-order valence-corrected chi connectivity index (χ3v) is 4.64. The van der Waals surface area contributed by atoms with Gasteiger partial charge in [-0.3, -0.25) is 0 Å². The van der Waals surface area contributed by atoms with Crippen LogP contribution in [-0.4, -0.2) is 5.33 Å². The van der Waals surface area contributed by atoms with Crippen LogP contribution in [0.5, 0.6) is 0 Å². The fourth-order valence-corrected chi connectivity index (χ4v) is 3.09. The first-order valence-electron chi connectivity index (χ1n) is 4.11. The first kappa shape index (κ1) is 12.6. The summed E-state index contributed by atoms with van der Waals surface area (Å²) in [6, 6.07) is 0. The van der Waals surface area contributed by atoms with E-state index in [-0.39, 0.29) is 23.2 Å². The van der Waals surface area contributed by atoms with E-state index in [0.29, 0.717) is 0 Å². The molecule has 0 unspecified atom stereocenters. The Hall–Kier alpha value is 0.583. The average molecular weight is 306 g/mol. The summed E-state index contributed by atoms with van der Waals surface area (Å²) < 4.78 is 3.22. The predicted octanol–water partition coefficient (Wildman–Crippen LogP) is 3.92. The Morgan fingerprint density at radius 3 is 2.75 bits per heavy atom. The summed E-state index contributed by atoms with van der Waals surface area (Å²) in [7, 11) is 0. The Labute approximate surface area is 95.5 Å². The van der Waals surface area contributed by atoms with Gasteiger partial charge < -0.3 is 0 Å². The van der Waals surface area contributed by atoms with E-state index in [9.17, 15) is 0 Å². The molecule has 1 aliphatic rings. The molecule has 0 aliphatic heterocycles. The van der Waals surface area contributed by atoms with E-state index in [1.54, 1.807) is 9.36 Å². The van der Waals surface area contributed by atoms with Crippen LogP contribution in [0.25, 0.3) is 0 Å². The summed E-state index contributed by atoms with van der Waals surface area (Å²) in [4.78, 5) is 0. The minimum absolute atomic E-state index is 0.0469. The molecule has 0 heterocycles. The first-order valence-corrected chi connectivity index (χ1v) is 8.20. The summed E-state index contributed by atoms with van der Waals surface area (Å²) in [6.07, 6.45) is 9.81. The van der Waals surface area contributed by atoms with Crippen molar-refractivity contribution >= 4 is 15.9 Å². The van der Waals surface area contributed by atoms with Crippen molar-refractivity contribution in [1.82, 2.24) is 0 Å². The van der Waals surface area contributed by atoms with Crippen LogP contribution in [0.15, 0.2) is 34.2 Å². The Balaban J connectivity index is 0.000000261. The number of hydrogen-bond donors (Lipinski definition) is 0. The molecule has 66 valence electrons. The van der Waals surface area contributed by atoms with E-state index in [0.717, 1.165) is 5.33 Å². The maximum absolute atomic E-state index is 3.43. The van der Waals surface area contributed by atoms with Crippen molar-refractivity contribution in [2.45, 2.75) is 17.5 Å². The zero-order valence-electron chi connectivity index (χ0n) is 7.52. The molecule has 0 bridgehead atoms. The molecule has 0 saturated carbocycles. The molecule has 0 amide bonds. The topological polar surface area (TPSA) is 0 Å². The standard InChI is InChI=1S/C5H5.C3H5Br.C2H5.Zr/c1-2-4-5-3-1;1-2-3-4;1-2;/h1-3H,4H2;2H,1,3H2;1H2,2H3;. The van der Waals surface area contributed by atoms with Gasteiger partial charge in [0.05, 0.1) is 0 Å². The van der Waals surface area contributed by atoms with Gasteiger partial charge in [0.1, 0.15) is 0 Å². The van der Waals surface area contributed by atoms with E-state index in [1.807, 2.05) is 0 Å². The molecular weight excluding hydrogens is 291 g/mol. The molecular formula is C10H15BrZr. The van der Waals surface area contributed by atoms with Crippen molar-refractivity contribution in [3.63, 3.8) is 0 Å². The third kappa shape index (κ3) is 7.24. The molecule has 0 atom stereocenters. The second-order valence-electron chi connectivity index (χ2n) is 2.30.